The average Bonchev–Trinajstić information content (AvgIpc) is 3.02. The average molecular weight is 327 g/mol. The van der Waals surface area contributed by atoms with Gasteiger partial charge in [0, 0.05) is 19.9 Å². The van der Waals surface area contributed by atoms with Crippen LogP contribution in [0.4, 0.5) is 0 Å². The molecule has 2 aromatic rings. The molecule has 1 aromatic heterocycles. The summed E-state index contributed by atoms with van der Waals surface area (Å²) in [6.45, 7) is 5.11. The van der Waals surface area contributed by atoms with E-state index < -0.39 is 0 Å². The van der Waals surface area contributed by atoms with E-state index in [9.17, 15) is 0 Å². The van der Waals surface area contributed by atoms with E-state index in [1.165, 1.54) is 18.4 Å². The molecule has 0 amide bonds. The molecule has 24 heavy (non-hydrogen) atoms. The molecule has 1 aliphatic rings. The first-order chi connectivity index (χ1) is 11.7. The summed E-state index contributed by atoms with van der Waals surface area (Å²) < 4.78 is 10.2. The standard InChI is InChI=1S/C19H25N3O2/c1-15-20-19(21-24-15)14-17-9-12-22(13-10-17)11-3-4-16-5-7-18(23-2)8-6-16/h3-8,17H,9-14H2,1-2H3. The van der Waals surface area contributed by atoms with Crippen LogP contribution < -0.4 is 4.74 Å². The Balaban J connectivity index is 1.41. The second-order valence-corrected chi connectivity index (χ2v) is 6.35. The normalized spacial score (nSPS) is 16.8. The molecule has 0 spiro atoms. The van der Waals surface area contributed by atoms with Crippen LogP contribution in [-0.4, -0.2) is 41.8 Å². The summed E-state index contributed by atoms with van der Waals surface area (Å²) >= 11 is 0. The first kappa shape index (κ1) is 16.7. The quantitative estimate of drug-likeness (QED) is 0.814. The second kappa shape index (κ2) is 8.11. The highest BCUT2D eigenvalue weighted by Crippen LogP contribution is 2.20. The molecule has 0 bridgehead atoms. The lowest BCUT2D eigenvalue weighted by molar-refractivity contribution is 0.198. The Morgan fingerprint density at radius 1 is 1.25 bits per heavy atom. The Labute approximate surface area is 143 Å². The van der Waals surface area contributed by atoms with Crippen LogP contribution in [0.3, 0.4) is 0 Å². The highest BCUT2D eigenvalue weighted by molar-refractivity contribution is 5.50. The van der Waals surface area contributed by atoms with Crippen molar-refractivity contribution < 1.29 is 9.26 Å². The lowest BCUT2D eigenvalue weighted by Gasteiger charge is -2.30. The lowest BCUT2D eigenvalue weighted by atomic mass is 9.93. The van der Waals surface area contributed by atoms with Crippen LogP contribution in [0, 0.1) is 12.8 Å². The van der Waals surface area contributed by atoms with Gasteiger partial charge < -0.3 is 9.26 Å². The van der Waals surface area contributed by atoms with E-state index in [1.54, 1.807) is 7.11 Å². The van der Waals surface area contributed by atoms with Gasteiger partial charge in [-0.25, -0.2) is 0 Å². The number of hydrogen-bond donors (Lipinski definition) is 0. The number of ether oxygens (including phenoxy) is 1. The van der Waals surface area contributed by atoms with Gasteiger partial charge in [0.2, 0.25) is 5.89 Å². The summed E-state index contributed by atoms with van der Waals surface area (Å²) in [6.07, 6.45) is 7.75. The Morgan fingerprint density at radius 2 is 2.00 bits per heavy atom. The van der Waals surface area contributed by atoms with Gasteiger partial charge in [0.15, 0.2) is 5.82 Å². The fraction of sp³-hybridized carbons (Fsp3) is 0.474. The smallest absolute Gasteiger partial charge is 0.223 e. The number of methoxy groups -OCH3 is 1. The van der Waals surface area contributed by atoms with Crippen LogP contribution in [0.5, 0.6) is 5.75 Å². The predicted octanol–water partition coefficient (Wildman–Crippen LogP) is 3.35. The molecule has 1 aliphatic heterocycles. The van der Waals surface area contributed by atoms with Crippen molar-refractivity contribution in [3.05, 3.63) is 47.6 Å². The zero-order valence-electron chi connectivity index (χ0n) is 14.4. The monoisotopic (exact) mass is 327 g/mol. The summed E-state index contributed by atoms with van der Waals surface area (Å²) in [5.74, 6) is 3.08. The van der Waals surface area contributed by atoms with Gasteiger partial charge in [-0.05, 0) is 49.5 Å². The Bertz CT molecular complexity index is 656. The van der Waals surface area contributed by atoms with E-state index in [0.29, 0.717) is 11.8 Å². The van der Waals surface area contributed by atoms with Crippen molar-refractivity contribution >= 4 is 6.08 Å². The molecule has 0 N–H and O–H groups in total. The third kappa shape index (κ3) is 4.68. The van der Waals surface area contributed by atoms with Crippen LogP contribution in [0.25, 0.3) is 6.08 Å². The minimum Gasteiger partial charge on any atom is -0.497 e. The van der Waals surface area contributed by atoms with Crippen LogP contribution in [0.15, 0.2) is 34.9 Å². The number of hydrogen-bond acceptors (Lipinski definition) is 5. The maximum absolute atomic E-state index is 5.18. The van der Waals surface area contributed by atoms with Gasteiger partial charge in [-0.3, -0.25) is 4.90 Å². The van der Waals surface area contributed by atoms with Gasteiger partial charge >= 0.3 is 0 Å². The highest BCUT2D eigenvalue weighted by atomic mass is 16.5. The number of piperidine rings is 1. The number of benzene rings is 1. The molecule has 1 aromatic carbocycles. The van der Waals surface area contributed by atoms with Crippen molar-refractivity contribution in [2.45, 2.75) is 26.2 Å². The first-order valence-electron chi connectivity index (χ1n) is 8.55. The summed E-state index contributed by atoms with van der Waals surface area (Å²) in [4.78, 5) is 6.81. The summed E-state index contributed by atoms with van der Waals surface area (Å²) in [5.41, 5.74) is 1.21. The molecule has 3 rings (SSSR count). The number of nitrogens with zero attached hydrogens (tertiary/aromatic N) is 3. The van der Waals surface area contributed by atoms with Gasteiger partial charge in [0.05, 0.1) is 7.11 Å². The zero-order valence-corrected chi connectivity index (χ0v) is 14.4. The maximum atomic E-state index is 5.18. The topological polar surface area (TPSA) is 51.4 Å². The molecule has 1 saturated heterocycles. The Hall–Kier alpha value is -2.14. The van der Waals surface area contributed by atoms with Crippen LogP contribution in [-0.2, 0) is 6.42 Å². The number of rotatable bonds is 6. The second-order valence-electron chi connectivity index (χ2n) is 6.35. The molecule has 128 valence electrons. The summed E-state index contributed by atoms with van der Waals surface area (Å²) in [5, 5.41) is 4.00. The van der Waals surface area contributed by atoms with E-state index in [0.717, 1.165) is 37.6 Å². The Kier molecular flexibility index (Phi) is 5.64. The summed E-state index contributed by atoms with van der Waals surface area (Å²) in [7, 11) is 1.69. The molecule has 0 atom stereocenters. The van der Waals surface area contributed by atoms with Crippen molar-refractivity contribution in [2.75, 3.05) is 26.7 Å². The third-order valence-electron chi connectivity index (χ3n) is 4.54. The van der Waals surface area contributed by atoms with Gasteiger partial charge in [-0.2, -0.15) is 4.98 Å². The zero-order chi connectivity index (χ0) is 16.8. The van der Waals surface area contributed by atoms with E-state index >= 15 is 0 Å². The van der Waals surface area contributed by atoms with Crippen molar-refractivity contribution in [1.82, 2.24) is 15.0 Å². The highest BCUT2D eigenvalue weighted by Gasteiger charge is 2.20. The molecule has 0 radical (unpaired) electrons. The van der Waals surface area contributed by atoms with Crippen molar-refractivity contribution in [1.29, 1.82) is 0 Å². The molecule has 5 heteroatoms. The fourth-order valence-corrected chi connectivity index (χ4v) is 3.11. The summed E-state index contributed by atoms with van der Waals surface area (Å²) in [6, 6.07) is 8.14. The van der Waals surface area contributed by atoms with Gasteiger partial charge in [-0.15, -0.1) is 0 Å². The molecule has 1 fully saturated rings. The van der Waals surface area contributed by atoms with Crippen molar-refractivity contribution in [3.8, 4) is 5.75 Å². The number of aromatic nitrogens is 2. The largest absolute Gasteiger partial charge is 0.497 e. The maximum Gasteiger partial charge on any atom is 0.223 e. The minimum absolute atomic E-state index is 0.658. The van der Waals surface area contributed by atoms with E-state index in [1.807, 2.05) is 19.1 Å². The lowest BCUT2D eigenvalue weighted by Crippen LogP contribution is -2.34. The van der Waals surface area contributed by atoms with Crippen molar-refractivity contribution in [2.24, 2.45) is 5.92 Å². The van der Waals surface area contributed by atoms with Crippen molar-refractivity contribution in [3.63, 3.8) is 0 Å². The van der Waals surface area contributed by atoms with Gasteiger partial charge in [0.25, 0.3) is 0 Å². The molecule has 0 unspecified atom stereocenters. The minimum atomic E-state index is 0.658. The first-order valence-corrected chi connectivity index (χ1v) is 8.55. The van der Waals surface area contributed by atoms with Crippen LogP contribution in [0.1, 0.15) is 30.1 Å². The molecule has 5 nitrogen and oxygen atoms in total. The van der Waals surface area contributed by atoms with E-state index in [4.69, 9.17) is 9.26 Å². The molecular formula is C19H25N3O2. The molecule has 0 aliphatic carbocycles. The van der Waals surface area contributed by atoms with E-state index in [2.05, 4.69) is 39.3 Å². The predicted molar refractivity (Wildman–Crippen MR) is 93.9 cm³/mol. The van der Waals surface area contributed by atoms with Crippen LogP contribution >= 0.6 is 0 Å². The van der Waals surface area contributed by atoms with Crippen LogP contribution in [0.2, 0.25) is 0 Å². The molecule has 2 heterocycles. The van der Waals surface area contributed by atoms with Gasteiger partial charge in [-0.1, -0.05) is 29.4 Å². The van der Waals surface area contributed by atoms with Gasteiger partial charge in [0.1, 0.15) is 5.75 Å². The number of likely N-dealkylation sites (tertiary alicyclic amines) is 1. The fourth-order valence-electron chi connectivity index (χ4n) is 3.11. The number of aryl methyl sites for hydroxylation is 1. The molecular weight excluding hydrogens is 302 g/mol. The SMILES string of the molecule is COc1ccc(C=CCN2CCC(Cc3noc(C)n3)CC2)cc1. The van der Waals surface area contributed by atoms with E-state index in [-0.39, 0.29) is 0 Å². The third-order valence-corrected chi connectivity index (χ3v) is 4.54. The molecule has 0 saturated carbocycles. The Morgan fingerprint density at radius 3 is 2.62 bits per heavy atom.